The molecule has 10 heteroatoms. The molecule has 0 unspecified atom stereocenters. The maximum absolute atomic E-state index is 12.9. The van der Waals surface area contributed by atoms with Crippen molar-refractivity contribution in [2.45, 2.75) is 25.4 Å². The lowest BCUT2D eigenvalue weighted by Crippen LogP contribution is -2.40. The Bertz CT molecular complexity index is 1140. The fraction of sp³-hybridized carbons (Fsp3) is 0.304. The lowest BCUT2D eigenvalue weighted by atomic mass is 9.99. The van der Waals surface area contributed by atoms with E-state index in [1.807, 2.05) is 6.07 Å². The normalized spacial score (nSPS) is 18.7. The van der Waals surface area contributed by atoms with E-state index in [1.54, 1.807) is 29.2 Å². The number of fused-ring (bicyclic) bond motifs is 1. The van der Waals surface area contributed by atoms with E-state index in [0.717, 1.165) is 30.6 Å². The minimum Gasteiger partial charge on any atom is -0.483 e. The van der Waals surface area contributed by atoms with Crippen molar-refractivity contribution in [3.05, 3.63) is 69.6 Å². The van der Waals surface area contributed by atoms with E-state index in [1.165, 1.54) is 17.2 Å². The molecule has 1 saturated heterocycles. The van der Waals surface area contributed by atoms with Gasteiger partial charge in [-0.3, -0.25) is 9.59 Å². The number of hydrogen-bond acceptors (Lipinski definition) is 5. The molecular weight excluding hydrogens is 466 g/mol. The molecule has 0 aromatic heterocycles. The molecule has 176 valence electrons. The van der Waals surface area contributed by atoms with Gasteiger partial charge in [-0.2, -0.15) is 4.72 Å². The third-order valence-electron chi connectivity index (χ3n) is 5.53. The summed E-state index contributed by atoms with van der Waals surface area (Å²) in [6.07, 6.45) is 2.87. The smallest absolute Gasteiger partial charge is 0.290 e. The summed E-state index contributed by atoms with van der Waals surface area (Å²) in [4.78, 5) is 25.2. The largest absolute Gasteiger partial charge is 0.483 e. The van der Waals surface area contributed by atoms with Crippen LogP contribution in [0.2, 0.25) is 5.02 Å². The lowest BCUT2D eigenvalue weighted by molar-refractivity contribution is -0.123. The number of carboxylic acid groups (broad SMARTS) is 1. The van der Waals surface area contributed by atoms with Crippen molar-refractivity contribution in [1.82, 2.24) is 9.62 Å². The van der Waals surface area contributed by atoms with E-state index < -0.39 is 16.1 Å². The first-order valence-corrected chi connectivity index (χ1v) is 12.3. The Labute approximate surface area is 198 Å². The summed E-state index contributed by atoms with van der Waals surface area (Å²) < 4.78 is 27.4. The molecule has 2 heterocycles. The number of anilines is 1. The van der Waals surface area contributed by atoms with Crippen LogP contribution in [0.5, 0.6) is 0 Å². The molecule has 0 spiro atoms. The summed E-state index contributed by atoms with van der Waals surface area (Å²) in [6, 6.07) is 12.2. The molecule has 33 heavy (non-hydrogen) atoms. The maximum atomic E-state index is 12.9. The summed E-state index contributed by atoms with van der Waals surface area (Å²) in [6.45, 7) is 2.14. The summed E-state index contributed by atoms with van der Waals surface area (Å²) in [5, 5.41) is 8.56. The number of hydrogen-bond donors (Lipinski definition) is 2. The second kappa shape index (κ2) is 10.9. The minimum atomic E-state index is -3.75. The van der Waals surface area contributed by atoms with Gasteiger partial charge in [-0.15, -0.1) is 0 Å². The van der Waals surface area contributed by atoms with Gasteiger partial charge in [-0.1, -0.05) is 29.8 Å². The van der Waals surface area contributed by atoms with Gasteiger partial charge in [0.15, 0.2) is 0 Å². The van der Waals surface area contributed by atoms with E-state index in [2.05, 4.69) is 28.8 Å². The van der Waals surface area contributed by atoms with Crippen LogP contribution in [-0.4, -0.2) is 57.0 Å². The Kier molecular flexibility index (Phi) is 8.25. The third kappa shape index (κ3) is 6.64. The molecule has 2 aliphatic heterocycles. The first-order valence-electron chi connectivity index (χ1n) is 10.4. The third-order valence-corrected chi connectivity index (χ3v) is 6.89. The highest BCUT2D eigenvalue weighted by Crippen LogP contribution is 2.27. The molecule has 8 nitrogen and oxygen atoms in total. The first kappa shape index (κ1) is 24.9. The fourth-order valence-corrected chi connectivity index (χ4v) is 5.03. The number of sulfonamides is 1. The number of amides is 1. The average Bonchev–Trinajstić information content (AvgIpc) is 3.13. The van der Waals surface area contributed by atoms with Gasteiger partial charge in [-0.05, 0) is 66.9 Å². The van der Waals surface area contributed by atoms with Crippen LogP contribution in [0.3, 0.4) is 0 Å². The van der Waals surface area contributed by atoms with Gasteiger partial charge in [-0.25, -0.2) is 8.42 Å². The molecule has 1 atom stereocenters. The molecule has 2 aromatic carbocycles. The zero-order chi connectivity index (χ0) is 24.0. The number of benzene rings is 2. The number of carbonyl (C=O) groups excluding carboxylic acids is 1. The van der Waals surface area contributed by atoms with Gasteiger partial charge in [0.2, 0.25) is 15.9 Å². The second-order valence-corrected chi connectivity index (χ2v) is 9.93. The number of rotatable bonds is 5. The maximum Gasteiger partial charge on any atom is 0.290 e. The van der Waals surface area contributed by atoms with Crippen LogP contribution in [0, 0.1) is 0 Å². The molecule has 2 aromatic rings. The monoisotopic (exact) mass is 491 g/mol. The Morgan fingerprint density at radius 2 is 1.82 bits per heavy atom. The molecule has 0 bridgehead atoms. The van der Waals surface area contributed by atoms with E-state index in [0.29, 0.717) is 23.6 Å². The predicted octanol–water partition coefficient (Wildman–Crippen LogP) is 2.72. The number of carbonyl (C=O) groups is 2. The van der Waals surface area contributed by atoms with Crippen LogP contribution in [0.15, 0.2) is 47.9 Å². The highest BCUT2D eigenvalue weighted by atomic mass is 35.5. The van der Waals surface area contributed by atoms with Crippen LogP contribution in [0.25, 0.3) is 6.08 Å². The summed E-state index contributed by atoms with van der Waals surface area (Å²) >= 11 is 5.84. The minimum absolute atomic E-state index is 0.216. The first-order chi connectivity index (χ1) is 15.7. The van der Waals surface area contributed by atoms with Gasteiger partial charge >= 0.3 is 0 Å². The highest BCUT2D eigenvalue weighted by molar-refractivity contribution is 7.92. The van der Waals surface area contributed by atoms with E-state index in [9.17, 15) is 13.2 Å². The average molecular weight is 492 g/mol. The van der Waals surface area contributed by atoms with Crippen molar-refractivity contribution < 1.29 is 23.1 Å². The number of likely N-dealkylation sites (N-methyl/N-ethyl adjacent to an activating group) is 1. The van der Waals surface area contributed by atoms with Gasteiger partial charge in [0.1, 0.15) is 6.04 Å². The summed E-state index contributed by atoms with van der Waals surface area (Å²) in [5.41, 5.74) is 4.09. The summed E-state index contributed by atoms with van der Waals surface area (Å²) in [5.74, 6) is -0.216. The van der Waals surface area contributed by atoms with E-state index >= 15 is 0 Å². The van der Waals surface area contributed by atoms with Gasteiger partial charge in [0, 0.05) is 35.8 Å². The molecule has 0 aliphatic carbocycles. The molecule has 1 fully saturated rings. The Hall–Kier alpha value is -2.72. The zero-order valence-electron chi connectivity index (χ0n) is 18.1. The van der Waals surface area contributed by atoms with Crippen molar-refractivity contribution in [3.8, 4) is 0 Å². The number of halogens is 1. The molecule has 2 N–H and O–H groups in total. The standard InChI is InChI=1S/C22H24ClN3O3S.CH2O2/c1-25-11-8-17-14-20(7-4-18(17)15-25)26-12-9-21(22(26)27)24-30(28,29)13-10-16-2-5-19(23)6-3-16;2-1-3/h2-7,10,13-14,21,24H,8-9,11-12,15H2,1H3;1H,(H,2,3)/b13-10+;/t21-;/m0./s1. The van der Waals surface area contributed by atoms with E-state index in [-0.39, 0.29) is 12.4 Å². The van der Waals surface area contributed by atoms with Crippen molar-refractivity contribution in [1.29, 1.82) is 0 Å². The fourth-order valence-electron chi connectivity index (χ4n) is 3.87. The molecule has 1 amide bonds. The van der Waals surface area contributed by atoms with Crippen LogP contribution >= 0.6 is 11.6 Å². The van der Waals surface area contributed by atoms with Crippen molar-refractivity contribution in [2.24, 2.45) is 0 Å². The quantitative estimate of drug-likeness (QED) is 0.623. The van der Waals surface area contributed by atoms with Crippen LogP contribution in [0.4, 0.5) is 5.69 Å². The van der Waals surface area contributed by atoms with Gasteiger partial charge < -0.3 is 14.9 Å². The molecule has 4 rings (SSSR count). The Morgan fingerprint density at radius 1 is 1.12 bits per heavy atom. The molecular formula is C23H26ClN3O5S. The predicted molar refractivity (Wildman–Crippen MR) is 128 cm³/mol. The molecule has 0 radical (unpaired) electrons. The highest BCUT2D eigenvalue weighted by Gasteiger charge is 2.35. The van der Waals surface area contributed by atoms with Crippen LogP contribution < -0.4 is 9.62 Å². The number of nitrogens with one attached hydrogen (secondary N) is 1. The zero-order valence-corrected chi connectivity index (χ0v) is 19.7. The number of nitrogens with zero attached hydrogens (tertiary/aromatic N) is 2. The van der Waals surface area contributed by atoms with Crippen molar-refractivity contribution in [2.75, 3.05) is 25.0 Å². The topological polar surface area (TPSA) is 107 Å². The van der Waals surface area contributed by atoms with Gasteiger partial charge in [0.25, 0.3) is 6.47 Å². The van der Waals surface area contributed by atoms with Crippen molar-refractivity contribution >= 4 is 45.8 Å². The van der Waals surface area contributed by atoms with Crippen LogP contribution in [0.1, 0.15) is 23.1 Å². The Morgan fingerprint density at radius 3 is 2.52 bits per heavy atom. The summed E-state index contributed by atoms with van der Waals surface area (Å²) in [7, 11) is -1.65. The van der Waals surface area contributed by atoms with Gasteiger partial charge in [0.05, 0.1) is 0 Å². The Balaban J connectivity index is 0.000000968. The SMILES string of the molecule is CN1CCc2cc(N3CC[C@H](NS(=O)(=O)/C=C/c4ccc(Cl)cc4)C3=O)ccc2C1.O=CO. The van der Waals surface area contributed by atoms with Crippen molar-refractivity contribution in [3.63, 3.8) is 0 Å². The lowest BCUT2D eigenvalue weighted by Gasteiger charge is -2.26. The second-order valence-electron chi connectivity index (χ2n) is 7.89. The molecule has 2 aliphatic rings. The van der Waals surface area contributed by atoms with E-state index in [4.69, 9.17) is 21.5 Å². The molecule has 0 saturated carbocycles. The van der Waals surface area contributed by atoms with Crippen LogP contribution in [-0.2, 0) is 32.6 Å².